The Morgan fingerprint density at radius 2 is 1.64 bits per heavy atom. The lowest BCUT2D eigenvalue weighted by atomic mass is 10.00. The third-order valence-corrected chi connectivity index (χ3v) is 7.56. The molecule has 0 aromatic heterocycles. The lowest BCUT2D eigenvalue weighted by molar-refractivity contribution is -0.117. The van der Waals surface area contributed by atoms with Crippen molar-refractivity contribution in [3.63, 3.8) is 0 Å². The fourth-order valence-electron chi connectivity index (χ4n) is 4.03. The van der Waals surface area contributed by atoms with Crippen molar-refractivity contribution in [2.45, 2.75) is 16.7 Å². The molecule has 3 aromatic carbocycles. The third-order valence-electron chi connectivity index (χ3n) is 5.85. The van der Waals surface area contributed by atoms with Gasteiger partial charge in [0.05, 0.1) is 10.9 Å². The quantitative estimate of drug-likeness (QED) is 0.222. The normalized spacial score (nSPS) is 18.0. The second kappa shape index (κ2) is 10.3. The molecule has 1 fully saturated rings. The zero-order valence-corrected chi connectivity index (χ0v) is 22.0. The van der Waals surface area contributed by atoms with Gasteiger partial charge in [0.2, 0.25) is 5.91 Å². The van der Waals surface area contributed by atoms with Gasteiger partial charge >= 0.3 is 0 Å². The molecule has 3 nitrogen and oxygen atoms in total. The van der Waals surface area contributed by atoms with Crippen LogP contribution in [-0.4, -0.2) is 16.0 Å². The first-order chi connectivity index (χ1) is 16.9. The molecule has 1 saturated carbocycles. The van der Waals surface area contributed by atoms with Crippen LogP contribution in [0.3, 0.4) is 0 Å². The molecule has 1 aliphatic rings. The monoisotopic (exact) mass is 587 g/mol. The van der Waals surface area contributed by atoms with E-state index in [9.17, 15) is 18.4 Å². The fraction of sp³-hybridized carbons (Fsp3) is 0.154. The van der Waals surface area contributed by atoms with Crippen LogP contribution in [0.2, 0.25) is 15.1 Å². The van der Waals surface area contributed by atoms with E-state index in [1.54, 1.807) is 18.2 Å². The SMILES string of the molecule is C=Cc1cc(CC(=O)c2cc(NC(=O)C3C(c4cc(Cl)cc(Cl)c4)C3(Cl)Cl)ccc2Cl)c(F)cc1F. The Hall–Kier alpha value is -2.15. The number of anilines is 1. The summed E-state index contributed by atoms with van der Waals surface area (Å²) in [6, 6.07) is 11.0. The van der Waals surface area contributed by atoms with Crippen LogP contribution < -0.4 is 5.32 Å². The topological polar surface area (TPSA) is 46.2 Å². The lowest BCUT2D eigenvalue weighted by Crippen LogP contribution is -2.17. The molecule has 1 amide bonds. The standard InChI is InChI=1S/C26H16Cl5F2NO2/c1-2-12-5-13(21(33)11-20(12)32)8-22(35)18-10-17(3-4-19(18)29)34-25(36)24-23(26(24,30)31)14-6-15(27)9-16(28)7-14/h2-7,9-11,23-24H,1,8H2,(H,34,36). The van der Waals surface area contributed by atoms with Crippen molar-refractivity contribution in [2.75, 3.05) is 5.32 Å². The maximum Gasteiger partial charge on any atom is 0.231 e. The van der Waals surface area contributed by atoms with Crippen LogP contribution >= 0.6 is 58.0 Å². The van der Waals surface area contributed by atoms with Crippen molar-refractivity contribution in [1.29, 1.82) is 0 Å². The molecule has 0 aliphatic heterocycles. The van der Waals surface area contributed by atoms with Gasteiger partial charge in [0, 0.05) is 45.3 Å². The fourth-order valence-corrected chi connectivity index (χ4v) is 5.63. The van der Waals surface area contributed by atoms with Gasteiger partial charge in [0.15, 0.2) is 5.78 Å². The molecule has 186 valence electrons. The first kappa shape index (κ1) is 26.9. The number of rotatable bonds is 7. The van der Waals surface area contributed by atoms with Crippen LogP contribution in [0.15, 0.2) is 55.1 Å². The average Bonchev–Trinajstić information content (AvgIpc) is 3.38. The number of benzene rings is 3. The molecule has 1 aliphatic carbocycles. The molecular weight excluding hydrogens is 574 g/mol. The molecule has 10 heteroatoms. The first-order valence-electron chi connectivity index (χ1n) is 10.5. The van der Waals surface area contributed by atoms with E-state index < -0.39 is 39.5 Å². The van der Waals surface area contributed by atoms with E-state index in [0.717, 1.165) is 0 Å². The Bertz CT molecular complexity index is 1390. The largest absolute Gasteiger partial charge is 0.326 e. The molecule has 0 radical (unpaired) electrons. The Balaban J connectivity index is 1.53. The maximum atomic E-state index is 14.2. The molecule has 0 saturated heterocycles. The molecule has 0 spiro atoms. The molecule has 0 heterocycles. The zero-order valence-electron chi connectivity index (χ0n) is 18.2. The Morgan fingerprint density at radius 1 is 0.972 bits per heavy atom. The van der Waals surface area contributed by atoms with E-state index in [1.165, 1.54) is 30.3 Å². The second-order valence-corrected chi connectivity index (χ2v) is 11.0. The summed E-state index contributed by atoms with van der Waals surface area (Å²) in [5.74, 6) is -4.02. The van der Waals surface area contributed by atoms with Gasteiger partial charge < -0.3 is 5.32 Å². The molecular formula is C26H16Cl5F2NO2. The van der Waals surface area contributed by atoms with Gasteiger partial charge in [0.25, 0.3) is 0 Å². The Labute approximate surface area is 230 Å². The number of amides is 1. The average molecular weight is 590 g/mol. The highest BCUT2D eigenvalue weighted by atomic mass is 35.5. The van der Waals surface area contributed by atoms with E-state index in [0.29, 0.717) is 21.7 Å². The minimum Gasteiger partial charge on any atom is -0.326 e. The number of nitrogens with one attached hydrogen (secondary N) is 1. The second-order valence-electron chi connectivity index (χ2n) is 8.29. The number of hydrogen-bond donors (Lipinski definition) is 1. The van der Waals surface area contributed by atoms with Crippen LogP contribution in [0.25, 0.3) is 6.08 Å². The first-order valence-corrected chi connectivity index (χ1v) is 12.4. The summed E-state index contributed by atoms with van der Waals surface area (Å²) in [6.45, 7) is 3.48. The summed E-state index contributed by atoms with van der Waals surface area (Å²) in [5.41, 5.74) is 0.979. The van der Waals surface area contributed by atoms with E-state index in [-0.39, 0.29) is 33.8 Å². The van der Waals surface area contributed by atoms with Gasteiger partial charge in [-0.05, 0) is 53.6 Å². The molecule has 3 aromatic rings. The molecule has 36 heavy (non-hydrogen) atoms. The lowest BCUT2D eigenvalue weighted by Gasteiger charge is -2.10. The minimum absolute atomic E-state index is 0.0168. The van der Waals surface area contributed by atoms with Gasteiger partial charge in [0.1, 0.15) is 16.0 Å². The number of carbonyl (C=O) groups is 2. The number of Topliss-reactive ketones (excluding diaryl/α,β-unsaturated/α-hetero) is 1. The number of hydrogen-bond acceptors (Lipinski definition) is 2. The predicted octanol–water partition coefficient (Wildman–Crippen LogP) is 8.52. The zero-order chi connectivity index (χ0) is 26.4. The van der Waals surface area contributed by atoms with E-state index in [1.807, 2.05) is 0 Å². The molecule has 4 rings (SSSR count). The number of halogens is 7. The van der Waals surface area contributed by atoms with Gasteiger partial charge in [-0.15, -0.1) is 23.2 Å². The number of ketones is 1. The predicted molar refractivity (Wildman–Crippen MR) is 142 cm³/mol. The molecule has 0 bridgehead atoms. The van der Waals surface area contributed by atoms with E-state index in [4.69, 9.17) is 58.0 Å². The Kier molecular flexibility index (Phi) is 7.70. The van der Waals surface area contributed by atoms with Crippen molar-refractivity contribution < 1.29 is 18.4 Å². The summed E-state index contributed by atoms with van der Waals surface area (Å²) in [7, 11) is 0. The van der Waals surface area contributed by atoms with Gasteiger partial charge in [-0.1, -0.05) is 47.5 Å². The highest BCUT2D eigenvalue weighted by Gasteiger charge is 2.67. The summed E-state index contributed by atoms with van der Waals surface area (Å²) in [6.07, 6.45) is 0.846. The summed E-state index contributed by atoms with van der Waals surface area (Å²) < 4.78 is 26.6. The van der Waals surface area contributed by atoms with Gasteiger partial charge in [-0.25, -0.2) is 8.78 Å². The van der Waals surface area contributed by atoms with Crippen molar-refractivity contribution in [3.05, 3.63) is 104 Å². The van der Waals surface area contributed by atoms with Crippen molar-refractivity contribution in [3.8, 4) is 0 Å². The van der Waals surface area contributed by atoms with Crippen LogP contribution in [-0.2, 0) is 11.2 Å². The van der Waals surface area contributed by atoms with Crippen molar-refractivity contribution in [2.24, 2.45) is 5.92 Å². The van der Waals surface area contributed by atoms with E-state index in [2.05, 4.69) is 11.9 Å². The van der Waals surface area contributed by atoms with Crippen LogP contribution in [0, 0.1) is 17.6 Å². The van der Waals surface area contributed by atoms with E-state index >= 15 is 0 Å². The van der Waals surface area contributed by atoms with Crippen LogP contribution in [0.5, 0.6) is 0 Å². The number of alkyl halides is 2. The third kappa shape index (κ3) is 5.41. The van der Waals surface area contributed by atoms with Crippen molar-refractivity contribution in [1.82, 2.24) is 0 Å². The summed E-state index contributed by atoms with van der Waals surface area (Å²) in [4.78, 5) is 25.9. The van der Waals surface area contributed by atoms with Gasteiger partial charge in [-0.3, -0.25) is 9.59 Å². The highest BCUT2D eigenvalue weighted by Crippen LogP contribution is 2.65. The Morgan fingerprint density at radius 3 is 2.28 bits per heavy atom. The highest BCUT2D eigenvalue weighted by molar-refractivity contribution is 6.53. The van der Waals surface area contributed by atoms with Gasteiger partial charge in [-0.2, -0.15) is 0 Å². The van der Waals surface area contributed by atoms with Crippen LogP contribution in [0.1, 0.15) is 33.0 Å². The molecule has 1 N–H and O–H groups in total. The smallest absolute Gasteiger partial charge is 0.231 e. The van der Waals surface area contributed by atoms with Crippen molar-refractivity contribution >= 4 is 81.5 Å². The number of carbonyl (C=O) groups excluding carboxylic acids is 2. The minimum atomic E-state index is -1.38. The molecule has 2 atom stereocenters. The maximum absolute atomic E-state index is 14.2. The molecule has 2 unspecified atom stereocenters. The van der Waals surface area contributed by atoms with Crippen LogP contribution in [0.4, 0.5) is 14.5 Å². The summed E-state index contributed by atoms with van der Waals surface area (Å²) in [5, 5.41) is 3.56. The summed E-state index contributed by atoms with van der Waals surface area (Å²) >= 11 is 31.1.